The second kappa shape index (κ2) is 5.80. The van der Waals surface area contributed by atoms with E-state index >= 15 is 0 Å². The predicted molar refractivity (Wildman–Crippen MR) is 64.0 cm³/mol. The molecule has 0 aliphatic heterocycles. The monoisotopic (exact) mass is 223 g/mol. The Morgan fingerprint density at radius 2 is 2.25 bits per heavy atom. The number of carbonyl (C=O) groups excluding carboxylic acids is 1. The lowest BCUT2D eigenvalue weighted by Gasteiger charge is -2.17. The molecule has 0 bridgehead atoms. The van der Waals surface area contributed by atoms with Crippen LogP contribution in [0.15, 0.2) is 12.4 Å². The second-order valence-electron chi connectivity index (χ2n) is 4.70. The van der Waals surface area contributed by atoms with Crippen LogP contribution in [0.4, 0.5) is 0 Å². The highest BCUT2D eigenvalue weighted by Crippen LogP contribution is 2.07. The fourth-order valence-corrected chi connectivity index (χ4v) is 1.67. The van der Waals surface area contributed by atoms with Crippen LogP contribution in [0.1, 0.15) is 32.8 Å². The lowest BCUT2D eigenvalue weighted by Crippen LogP contribution is -2.35. The molecular formula is C12H21N3O. The summed E-state index contributed by atoms with van der Waals surface area (Å²) >= 11 is 0. The van der Waals surface area contributed by atoms with Gasteiger partial charge in [0.1, 0.15) is 5.78 Å². The molecule has 1 N–H and O–H groups in total. The zero-order valence-electron chi connectivity index (χ0n) is 10.5. The molecule has 0 fully saturated rings. The zero-order valence-corrected chi connectivity index (χ0v) is 10.5. The molecule has 0 aromatic carbocycles. The summed E-state index contributed by atoms with van der Waals surface area (Å²) in [5.41, 5.74) is 1.11. The lowest BCUT2D eigenvalue weighted by atomic mass is 10.0. The summed E-state index contributed by atoms with van der Waals surface area (Å²) in [6, 6.07) is -0.0415. The molecule has 1 aromatic heterocycles. The molecule has 1 rings (SSSR count). The van der Waals surface area contributed by atoms with Crippen LogP contribution >= 0.6 is 0 Å². The number of hydrogen-bond acceptors (Lipinski definition) is 3. The van der Waals surface area contributed by atoms with Gasteiger partial charge in [-0.3, -0.25) is 9.48 Å². The maximum absolute atomic E-state index is 11.4. The summed E-state index contributed by atoms with van der Waals surface area (Å²) in [5.74, 6) is 0.730. The Hall–Kier alpha value is -1.16. The van der Waals surface area contributed by atoms with E-state index in [0.717, 1.165) is 12.0 Å². The molecule has 1 aromatic rings. The minimum absolute atomic E-state index is 0.0415. The molecule has 0 radical (unpaired) electrons. The van der Waals surface area contributed by atoms with E-state index in [1.807, 2.05) is 19.4 Å². The van der Waals surface area contributed by atoms with E-state index < -0.39 is 0 Å². The maximum atomic E-state index is 11.4. The van der Waals surface area contributed by atoms with Gasteiger partial charge in [-0.15, -0.1) is 0 Å². The van der Waals surface area contributed by atoms with E-state index in [4.69, 9.17) is 0 Å². The number of hydrogen-bond donors (Lipinski definition) is 1. The highest BCUT2D eigenvalue weighted by atomic mass is 16.1. The average Bonchev–Trinajstić information content (AvgIpc) is 2.58. The van der Waals surface area contributed by atoms with Crippen LogP contribution in [0.3, 0.4) is 0 Å². The van der Waals surface area contributed by atoms with Gasteiger partial charge in [0, 0.05) is 25.4 Å². The Morgan fingerprint density at radius 1 is 1.56 bits per heavy atom. The molecule has 0 aliphatic rings. The van der Waals surface area contributed by atoms with E-state index in [0.29, 0.717) is 12.5 Å². The Labute approximate surface area is 97.0 Å². The molecule has 0 spiro atoms. The van der Waals surface area contributed by atoms with Gasteiger partial charge in [0.2, 0.25) is 0 Å². The van der Waals surface area contributed by atoms with Crippen molar-refractivity contribution in [3.63, 3.8) is 0 Å². The summed E-state index contributed by atoms with van der Waals surface area (Å²) in [4.78, 5) is 11.4. The number of rotatable bonds is 6. The third-order valence-electron chi connectivity index (χ3n) is 2.51. The summed E-state index contributed by atoms with van der Waals surface area (Å²) in [5, 5.41) is 7.37. The number of aromatic nitrogens is 2. The van der Waals surface area contributed by atoms with E-state index in [-0.39, 0.29) is 11.8 Å². The average molecular weight is 223 g/mol. The maximum Gasteiger partial charge on any atom is 0.146 e. The van der Waals surface area contributed by atoms with E-state index in [9.17, 15) is 4.79 Å². The van der Waals surface area contributed by atoms with Crippen molar-refractivity contribution in [1.29, 1.82) is 0 Å². The van der Waals surface area contributed by atoms with Crippen molar-refractivity contribution in [1.82, 2.24) is 15.1 Å². The highest BCUT2D eigenvalue weighted by Gasteiger charge is 2.15. The van der Waals surface area contributed by atoms with Gasteiger partial charge in [0.15, 0.2) is 0 Å². The minimum atomic E-state index is -0.0415. The summed E-state index contributed by atoms with van der Waals surface area (Å²) in [7, 11) is 1.89. The van der Waals surface area contributed by atoms with Crippen LogP contribution in [-0.2, 0) is 18.4 Å². The first-order valence-corrected chi connectivity index (χ1v) is 5.70. The zero-order chi connectivity index (χ0) is 12.1. The van der Waals surface area contributed by atoms with Crippen molar-refractivity contribution in [2.24, 2.45) is 13.0 Å². The third kappa shape index (κ3) is 4.14. The highest BCUT2D eigenvalue weighted by molar-refractivity contribution is 5.81. The van der Waals surface area contributed by atoms with Crippen LogP contribution in [-0.4, -0.2) is 21.6 Å². The summed E-state index contributed by atoms with van der Waals surface area (Å²) in [6.45, 7) is 6.59. The normalized spacial score (nSPS) is 13.1. The Morgan fingerprint density at radius 3 is 2.69 bits per heavy atom. The van der Waals surface area contributed by atoms with Gasteiger partial charge in [0.05, 0.1) is 12.2 Å². The summed E-state index contributed by atoms with van der Waals surface area (Å²) < 4.78 is 1.77. The molecule has 0 saturated heterocycles. The first-order chi connectivity index (χ1) is 7.49. The second-order valence-corrected chi connectivity index (χ2v) is 4.70. The van der Waals surface area contributed by atoms with Crippen LogP contribution in [0, 0.1) is 5.92 Å². The molecular weight excluding hydrogens is 202 g/mol. The van der Waals surface area contributed by atoms with Crippen LogP contribution < -0.4 is 5.32 Å². The standard InChI is InChI=1S/C12H21N3O/c1-9(2)5-12(10(3)16)13-6-11-7-14-15(4)8-11/h7-9,12-13H,5-6H2,1-4H3/t12-/m1/s1. The van der Waals surface area contributed by atoms with E-state index in [1.165, 1.54) is 0 Å². The Kier molecular flexibility index (Phi) is 4.68. The summed E-state index contributed by atoms with van der Waals surface area (Å²) in [6.07, 6.45) is 4.66. The van der Waals surface area contributed by atoms with Crippen molar-refractivity contribution in [3.05, 3.63) is 18.0 Å². The van der Waals surface area contributed by atoms with E-state index in [2.05, 4.69) is 24.3 Å². The molecule has 0 aliphatic carbocycles. The molecule has 0 saturated carbocycles. The van der Waals surface area contributed by atoms with Crippen molar-refractivity contribution in [2.45, 2.75) is 39.8 Å². The lowest BCUT2D eigenvalue weighted by molar-refractivity contribution is -0.119. The van der Waals surface area contributed by atoms with Gasteiger partial charge < -0.3 is 5.32 Å². The Balaban J connectivity index is 2.46. The van der Waals surface area contributed by atoms with Crippen molar-refractivity contribution >= 4 is 5.78 Å². The topological polar surface area (TPSA) is 46.9 Å². The van der Waals surface area contributed by atoms with Gasteiger partial charge in [-0.25, -0.2) is 0 Å². The molecule has 4 heteroatoms. The van der Waals surface area contributed by atoms with Crippen molar-refractivity contribution in [2.75, 3.05) is 0 Å². The first-order valence-electron chi connectivity index (χ1n) is 5.70. The third-order valence-corrected chi connectivity index (χ3v) is 2.51. The van der Waals surface area contributed by atoms with Crippen LogP contribution in [0.25, 0.3) is 0 Å². The molecule has 1 atom stereocenters. The number of nitrogens with one attached hydrogen (secondary N) is 1. The van der Waals surface area contributed by atoms with Gasteiger partial charge >= 0.3 is 0 Å². The number of ketones is 1. The molecule has 16 heavy (non-hydrogen) atoms. The molecule has 90 valence electrons. The number of Topliss-reactive ketones (excluding diaryl/α,β-unsaturated/α-hetero) is 1. The van der Waals surface area contributed by atoms with Crippen molar-refractivity contribution < 1.29 is 4.79 Å². The fraction of sp³-hybridized carbons (Fsp3) is 0.667. The number of nitrogens with zero attached hydrogens (tertiary/aromatic N) is 2. The molecule has 4 nitrogen and oxygen atoms in total. The van der Waals surface area contributed by atoms with E-state index in [1.54, 1.807) is 11.6 Å². The molecule has 0 amide bonds. The largest absolute Gasteiger partial charge is 0.303 e. The van der Waals surface area contributed by atoms with Gasteiger partial charge in [-0.05, 0) is 19.3 Å². The van der Waals surface area contributed by atoms with Gasteiger partial charge in [0.25, 0.3) is 0 Å². The number of aryl methyl sites for hydroxylation is 1. The van der Waals surface area contributed by atoms with Gasteiger partial charge in [-0.1, -0.05) is 13.8 Å². The quantitative estimate of drug-likeness (QED) is 0.795. The fourth-order valence-electron chi connectivity index (χ4n) is 1.67. The SMILES string of the molecule is CC(=O)[C@@H](CC(C)C)NCc1cnn(C)c1. The first kappa shape index (κ1) is 12.9. The van der Waals surface area contributed by atoms with Crippen LogP contribution in [0.2, 0.25) is 0 Å². The minimum Gasteiger partial charge on any atom is -0.303 e. The predicted octanol–water partition coefficient (Wildman–Crippen LogP) is 1.51. The van der Waals surface area contributed by atoms with Crippen LogP contribution in [0.5, 0.6) is 0 Å². The molecule has 0 unspecified atom stereocenters. The molecule has 1 heterocycles. The Bertz CT molecular complexity index is 344. The number of carbonyl (C=O) groups is 1. The smallest absolute Gasteiger partial charge is 0.146 e. The van der Waals surface area contributed by atoms with Crippen molar-refractivity contribution in [3.8, 4) is 0 Å². The van der Waals surface area contributed by atoms with Gasteiger partial charge in [-0.2, -0.15) is 5.10 Å².